The van der Waals surface area contributed by atoms with E-state index in [4.69, 9.17) is 9.78 Å². The molecule has 0 atom stereocenters. The molecule has 0 aliphatic heterocycles. The molecule has 0 fully saturated rings. The van der Waals surface area contributed by atoms with E-state index in [0.717, 1.165) is 5.39 Å². The molecule has 1 heterocycles. The highest BCUT2D eigenvalue weighted by molar-refractivity contribution is 5.84. The van der Waals surface area contributed by atoms with Gasteiger partial charge in [-0.05, 0) is 19.1 Å². The van der Waals surface area contributed by atoms with Crippen LogP contribution in [0.3, 0.4) is 0 Å². The second kappa shape index (κ2) is 4.14. The monoisotopic (exact) mass is 205 g/mol. The van der Waals surface area contributed by atoms with Crippen LogP contribution in [0.5, 0.6) is 11.5 Å². The largest absolute Gasteiger partial charge is 0.506 e. The highest BCUT2D eigenvalue weighted by Crippen LogP contribution is 2.25. The summed E-state index contributed by atoms with van der Waals surface area (Å²) >= 11 is 0. The fourth-order valence-electron chi connectivity index (χ4n) is 1.30. The van der Waals surface area contributed by atoms with Crippen molar-refractivity contribution in [1.82, 2.24) is 4.98 Å². The standard InChI is InChI=1S/C11H11NO3/c1-2-14-15-9-6-8-4-3-5-10(13)11(8)12-7-9/h3-7,13H,2H2,1H3. The van der Waals surface area contributed by atoms with E-state index in [1.54, 1.807) is 18.2 Å². The summed E-state index contributed by atoms with van der Waals surface area (Å²) in [4.78, 5) is 13.8. The summed E-state index contributed by atoms with van der Waals surface area (Å²) in [6, 6.07) is 6.96. The van der Waals surface area contributed by atoms with E-state index in [-0.39, 0.29) is 5.75 Å². The van der Waals surface area contributed by atoms with E-state index in [0.29, 0.717) is 17.9 Å². The van der Waals surface area contributed by atoms with Gasteiger partial charge in [0.15, 0.2) is 5.75 Å². The van der Waals surface area contributed by atoms with Crippen molar-refractivity contribution in [2.45, 2.75) is 6.92 Å². The molecule has 0 amide bonds. The zero-order chi connectivity index (χ0) is 10.7. The lowest BCUT2D eigenvalue weighted by molar-refractivity contribution is -0.202. The van der Waals surface area contributed by atoms with Gasteiger partial charge in [-0.25, -0.2) is 4.98 Å². The summed E-state index contributed by atoms with van der Waals surface area (Å²) in [7, 11) is 0. The molecule has 4 heteroatoms. The van der Waals surface area contributed by atoms with Gasteiger partial charge in [-0.3, -0.25) is 0 Å². The van der Waals surface area contributed by atoms with Gasteiger partial charge >= 0.3 is 0 Å². The minimum atomic E-state index is 0.162. The zero-order valence-corrected chi connectivity index (χ0v) is 8.30. The molecule has 0 spiro atoms. The van der Waals surface area contributed by atoms with Gasteiger partial charge in [0, 0.05) is 5.39 Å². The molecule has 1 aromatic heterocycles. The average molecular weight is 205 g/mol. The number of pyridine rings is 1. The number of para-hydroxylation sites is 1. The Bertz CT molecular complexity index is 470. The van der Waals surface area contributed by atoms with Crippen molar-refractivity contribution in [3.8, 4) is 11.5 Å². The molecule has 1 aromatic carbocycles. The third kappa shape index (κ3) is 1.99. The number of hydrogen-bond acceptors (Lipinski definition) is 4. The Balaban J connectivity index is 2.39. The average Bonchev–Trinajstić information content (AvgIpc) is 2.26. The van der Waals surface area contributed by atoms with Gasteiger partial charge in [0.05, 0.1) is 12.8 Å². The summed E-state index contributed by atoms with van der Waals surface area (Å²) < 4.78 is 0. The van der Waals surface area contributed by atoms with E-state index in [1.807, 2.05) is 13.0 Å². The van der Waals surface area contributed by atoms with Gasteiger partial charge in [0.25, 0.3) is 0 Å². The molecule has 0 radical (unpaired) electrons. The van der Waals surface area contributed by atoms with Crippen LogP contribution < -0.4 is 4.89 Å². The Labute approximate surface area is 87.0 Å². The lowest BCUT2D eigenvalue weighted by atomic mass is 10.2. The maximum Gasteiger partial charge on any atom is 0.184 e. The van der Waals surface area contributed by atoms with E-state index in [1.165, 1.54) is 6.20 Å². The number of nitrogens with zero attached hydrogens (tertiary/aromatic N) is 1. The first-order valence-electron chi connectivity index (χ1n) is 4.68. The first-order chi connectivity index (χ1) is 7.31. The molecular formula is C11H11NO3. The summed E-state index contributed by atoms with van der Waals surface area (Å²) in [5.74, 6) is 0.686. The zero-order valence-electron chi connectivity index (χ0n) is 8.30. The van der Waals surface area contributed by atoms with Crippen LogP contribution in [0.1, 0.15) is 6.92 Å². The molecular weight excluding hydrogens is 194 g/mol. The molecule has 1 N–H and O–H groups in total. The lowest BCUT2D eigenvalue weighted by Crippen LogP contribution is -1.96. The Kier molecular flexibility index (Phi) is 2.69. The second-order valence-corrected chi connectivity index (χ2v) is 3.01. The van der Waals surface area contributed by atoms with Crippen LogP contribution in [0, 0.1) is 0 Å². The first kappa shape index (κ1) is 9.73. The number of aromatic hydroxyl groups is 1. The Morgan fingerprint density at radius 1 is 1.40 bits per heavy atom. The first-order valence-corrected chi connectivity index (χ1v) is 4.68. The summed E-state index contributed by atoms with van der Waals surface area (Å²) in [5.41, 5.74) is 0.557. The van der Waals surface area contributed by atoms with Crippen molar-refractivity contribution in [3.05, 3.63) is 30.5 Å². The van der Waals surface area contributed by atoms with Crippen LogP contribution >= 0.6 is 0 Å². The fourth-order valence-corrected chi connectivity index (χ4v) is 1.30. The lowest BCUT2D eigenvalue weighted by Gasteiger charge is -2.04. The number of fused-ring (bicyclic) bond motifs is 1. The molecule has 2 rings (SSSR count). The van der Waals surface area contributed by atoms with Gasteiger partial charge in [-0.1, -0.05) is 12.1 Å². The molecule has 0 aliphatic carbocycles. The number of aromatic nitrogens is 1. The minimum absolute atomic E-state index is 0.162. The molecule has 78 valence electrons. The van der Waals surface area contributed by atoms with Gasteiger partial charge in [-0.15, -0.1) is 0 Å². The maximum atomic E-state index is 9.50. The highest BCUT2D eigenvalue weighted by Gasteiger charge is 2.02. The van der Waals surface area contributed by atoms with Gasteiger partial charge < -0.3 is 9.99 Å². The number of hydrogen-bond donors (Lipinski definition) is 1. The van der Waals surface area contributed by atoms with Crippen LogP contribution in [-0.2, 0) is 4.89 Å². The number of phenols is 1. The molecule has 4 nitrogen and oxygen atoms in total. The fraction of sp³-hybridized carbons (Fsp3) is 0.182. The Hall–Kier alpha value is -1.81. The van der Waals surface area contributed by atoms with Crippen LogP contribution in [0.4, 0.5) is 0 Å². The van der Waals surface area contributed by atoms with Crippen LogP contribution in [-0.4, -0.2) is 16.7 Å². The van der Waals surface area contributed by atoms with Crippen LogP contribution in [0.15, 0.2) is 30.5 Å². The number of rotatable bonds is 3. The minimum Gasteiger partial charge on any atom is -0.506 e. The molecule has 0 aliphatic rings. The van der Waals surface area contributed by atoms with Gasteiger partial charge in [0.1, 0.15) is 11.3 Å². The van der Waals surface area contributed by atoms with Crippen molar-refractivity contribution in [1.29, 1.82) is 0 Å². The van der Waals surface area contributed by atoms with E-state index < -0.39 is 0 Å². The van der Waals surface area contributed by atoms with Crippen molar-refractivity contribution in [2.75, 3.05) is 6.61 Å². The van der Waals surface area contributed by atoms with Crippen molar-refractivity contribution in [3.63, 3.8) is 0 Å². The van der Waals surface area contributed by atoms with Gasteiger partial charge in [0.2, 0.25) is 0 Å². The predicted molar refractivity (Wildman–Crippen MR) is 55.7 cm³/mol. The highest BCUT2D eigenvalue weighted by atomic mass is 17.2. The van der Waals surface area contributed by atoms with Crippen molar-refractivity contribution in [2.24, 2.45) is 0 Å². The second-order valence-electron chi connectivity index (χ2n) is 3.01. The van der Waals surface area contributed by atoms with Gasteiger partial charge in [-0.2, -0.15) is 4.89 Å². The van der Waals surface area contributed by atoms with E-state index in [2.05, 4.69) is 4.98 Å². The molecule has 0 bridgehead atoms. The third-order valence-electron chi connectivity index (χ3n) is 1.94. The number of phenolic OH excluding ortho intramolecular Hbond substituents is 1. The molecule has 0 unspecified atom stereocenters. The van der Waals surface area contributed by atoms with Crippen LogP contribution in [0.25, 0.3) is 10.9 Å². The molecule has 0 saturated heterocycles. The quantitative estimate of drug-likeness (QED) is 0.616. The summed E-state index contributed by atoms with van der Waals surface area (Å²) in [6.07, 6.45) is 1.51. The summed E-state index contributed by atoms with van der Waals surface area (Å²) in [5, 5.41) is 10.3. The summed E-state index contributed by atoms with van der Waals surface area (Å²) in [6.45, 7) is 2.30. The van der Waals surface area contributed by atoms with E-state index in [9.17, 15) is 5.11 Å². The normalized spacial score (nSPS) is 10.5. The molecule has 0 saturated carbocycles. The molecule has 2 aromatic rings. The predicted octanol–water partition coefficient (Wildman–Crippen LogP) is 2.27. The van der Waals surface area contributed by atoms with E-state index >= 15 is 0 Å². The molecule has 15 heavy (non-hydrogen) atoms. The van der Waals surface area contributed by atoms with Crippen molar-refractivity contribution >= 4 is 10.9 Å². The Morgan fingerprint density at radius 2 is 2.27 bits per heavy atom. The Morgan fingerprint density at radius 3 is 3.07 bits per heavy atom. The third-order valence-corrected chi connectivity index (χ3v) is 1.94. The topological polar surface area (TPSA) is 51.6 Å². The smallest absolute Gasteiger partial charge is 0.184 e. The SMILES string of the molecule is CCOOc1cnc2c(O)cccc2c1. The van der Waals surface area contributed by atoms with Crippen LogP contribution in [0.2, 0.25) is 0 Å². The maximum absolute atomic E-state index is 9.50. The van der Waals surface area contributed by atoms with Crippen molar-refractivity contribution < 1.29 is 14.9 Å². The number of benzene rings is 1.